The first kappa shape index (κ1) is 18.2. The zero-order valence-electron chi connectivity index (χ0n) is 14.9. The van der Waals surface area contributed by atoms with Crippen LogP contribution in [0.1, 0.15) is 16.1 Å². The van der Waals surface area contributed by atoms with Crippen LogP contribution < -0.4 is 15.1 Å². The molecule has 138 valence electrons. The number of rotatable bonds is 6. The van der Waals surface area contributed by atoms with Crippen molar-refractivity contribution < 1.29 is 23.6 Å². The number of nitrogens with zero attached hydrogens (tertiary/aromatic N) is 1. The maximum absolute atomic E-state index is 12.6. The van der Waals surface area contributed by atoms with Crippen molar-refractivity contribution in [2.24, 2.45) is 0 Å². The lowest BCUT2D eigenvalue weighted by Gasteiger charge is -2.26. The van der Waals surface area contributed by atoms with Gasteiger partial charge in [0.15, 0.2) is 6.54 Å². The third kappa shape index (κ3) is 4.50. The van der Waals surface area contributed by atoms with Crippen molar-refractivity contribution in [1.29, 1.82) is 0 Å². The molecule has 1 aliphatic heterocycles. The number of hydrogen-bond donors (Lipinski definition) is 2. The normalized spacial score (nSPS) is 14.8. The largest absolute Gasteiger partial charge is 0.467 e. The topological polar surface area (TPSA) is 76.2 Å². The van der Waals surface area contributed by atoms with Crippen LogP contribution in [0.2, 0.25) is 0 Å². The molecule has 2 amide bonds. The molecule has 0 aliphatic carbocycles. The fourth-order valence-corrected chi connectivity index (χ4v) is 2.94. The van der Waals surface area contributed by atoms with Gasteiger partial charge in [0.1, 0.15) is 18.8 Å². The van der Waals surface area contributed by atoms with E-state index in [9.17, 15) is 9.59 Å². The van der Waals surface area contributed by atoms with Gasteiger partial charge in [-0.05, 0) is 24.3 Å². The van der Waals surface area contributed by atoms with E-state index in [1.54, 1.807) is 48.5 Å². The summed E-state index contributed by atoms with van der Waals surface area (Å²) in [4.78, 5) is 28.0. The second-order valence-corrected chi connectivity index (χ2v) is 6.27. The summed E-state index contributed by atoms with van der Waals surface area (Å²) in [5.74, 6) is 0.416. The van der Waals surface area contributed by atoms with E-state index in [0.717, 1.165) is 13.1 Å². The van der Waals surface area contributed by atoms with Gasteiger partial charge in [0.2, 0.25) is 0 Å². The van der Waals surface area contributed by atoms with Crippen LogP contribution in [0.15, 0.2) is 47.1 Å². The third-order valence-corrected chi connectivity index (χ3v) is 4.49. The van der Waals surface area contributed by atoms with Gasteiger partial charge in [0, 0.05) is 7.05 Å². The van der Waals surface area contributed by atoms with Crippen molar-refractivity contribution in [1.82, 2.24) is 5.32 Å². The van der Waals surface area contributed by atoms with Crippen LogP contribution in [0.25, 0.3) is 0 Å². The predicted octanol–water partition coefficient (Wildman–Crippen LogP) is 0.0875. The number of hydrogen-bond acceptors (Lipinski definition) is 4. The predicted molar refractivity (Wildman–Crippen MR) is 96.1 cm³/mol. The van der Waals surface area contributed by atoms with Gasteiger partial charge in [0.25, 0.3) is 11.8 Å². The number of carbonyl (C=O) groups excluding carboxylic acids is 2. The Kier molecular flexibility index (Phi) is 6.04. The van der Waals surface area contributed by atoms with Gasteiger partial charge >= 0.3 is 0 Å². The van der Waals surface area contributed by atoms with E-state index in [4.69, 9.17) is 9.15 Å². The molecule has 26 heavy (non-hydrogen) atoms. The Hall–Kier alpha value is -2.64. The monoisotopic (exact) mass is 358 g/mol. The minimum absolute atomic E-state index is 0.0202. The summed E-state index contributed by atoms with van der Waals surface area (Å²) >= 11 is 0. The van der Waals surface area contributed by atoms with E-state index in [-0.39, 0.29) is 11.8 Å². The van der Waals surface area contributed by atoms with E-state index in [0.29, 0.717) is 43.3 Å². The number of likely N-dealkylation sites (N-methyl/N-ethyl adjacent to an activating group) is 1. The Morgan fingerprint density at radius 2 is 1.92 bits per heavy atom. The van der Waals surface area contributed by atoms with Gasteiger partial charge in [0.05, 0.1) is 37.3 Å². The first-order valence-electron chi connectivity index (χ1n) is 8.72. The van der Waals surface area contributed by atoms with E-state index >= 15 is 0 Å². The molecule has 0 bridgehead atoms. The molecule has 1 aromatic carbocycles. The van der Waals surface area contributed by atoms with Gasteiger partial charge in [-0.15, -0.1) is 0 Å². The number of furan rings is 1. The number of amides is 2. The summed E-state index contributed by atoms with van der Waals surface area (Å²) in [5, 5.41) is 2.82. The molecule has 2 heterocycles. The smallest absolute Gasteiger partial charge is 0.281 e. The second-order valence-electron chi connectivity index (χ2n) is 6.27. The third-order valence-electron chi connectivity index (χ3n) is 4.49. The molecular weight excluding hydrogens is 334 g/mol. The highest BCUT2D eigenvalue weighted by molar-refractivity contribution is 6.04. The molecule has 7 heteroatoms. The van der Waals surface area contributed by atoms with Gasteiger partial charge < -0.3 is 24.3 Å². The fourth-order valence-electron chi connectivity index (χ4n) is 2.94. The van der Waals surface area contributed by atoms with Crippen LogP contribution in [0.4, 0.5) is 5.69 Å². The number of anilines is 1. The van der Waals surface area contributed by atoms with Crippen LogP contribution in [-0.4, -0.2) is 51.7 Å². The van der Waals surface area contributed by atoms with Crippen LogP contribution >= 0.6 is 0 Å². The summed E-state index contributed by atoms with van der Waals surface area (Å²) in [6.07, 6.45) is 1.57. The van der Waals surface area contributed by atoms with E-state index in [2.05, 4.69) is 5.32 Å². The molecule has 1 aliphatic rings. The molecule has 1 aromatic heterocycles. The Morgan fingerprint density at radius 3 is 2.65 bits per heavy atom. The molecule has 0 radical (unpaired) electrons. The number of para-hydroxylation sites is 1. The first-order chi connectivity index (χ1) is 12.6. The van der Waals surface area contributed by atoms with Crippen LogP contribution in [0, 0.1) is 0 Å². The number of ether oxygens (including phenoxy) is 1. The minimum Gasteiger partial charge on any atom is -0.467 e. The molecule has 2 N–H and O–H groups in total. The average Bonchev–Trinajstić information content (AvgIpc) is 3.20. The summed E-state index contributed by atoms with van der Waals surface area (Å²) < 4.78 is 10.6. The molecule has 0 atom stereocenters. The maximum atomic E-state index is 12.6. The van der Waals surface area contributed by atoms with Crippen LogP contribution in [-0.2, 0) is 16.1 Å². The zero-order valence-corrected chi connectivity index (χ0v) is 14.9. The summed E-state index contributed by atoms with van der Waals surface area (Å²) in [6, 6.07) is 10.7. The number of quaternary nitrogens is 1. The molecule has 1 fully saturated rings. The zero-order chi connectivity index (χ0) is 18.4. The van der Waals surface area contributed by atoms with Crippen molar-refractivity contribution in [3.8, 4) is 0 Å². The second kappa shape index (κ2) is 8.64. The lowest BCUT2D eigenvalue weighted by molar-refractivity contribution is -0.900. The SMILES string of the molecule is CN(C(=O)C[NH+]1CCOCC1)c1ccccc1C(=O)NCc1ccco1. The highest BCUT2D eigenvalue weighted by Crippen LogP contribution is 2.19. The Labute approximate surface area is 152 Å². The molecule has 0 saturated carbocycles. The van der Waals surface area contributed by atoms with Gasteiger partial charge in [-0.2, -0.15) is 0 Å². The Morgan fingerprint density at radius 1 is 1.15 bits per heavy atom. The number of carbonyl (C=O) groups is 2. The molecule has 0 spiro atoms. The van der Waals surface area contributed by atoms with Crippen molar-refractivity contribution in [2.75, 3.05) is 44.8 Å². The van der Waals surface area contributed by atoms with E-state index < -0.39 is 0 Å². The Balaban J connectivity index is 1.66. The lowest BCUT2D eigenvalue weighted by atomic mass is 10.1. The molecule has 3 rings (SSSR count). The summed E-state index contributed by atoms with van der Waals surface area (Å²) in [5.41, 5.74) is 1.06. The van der Waals surface area contributed by atoms with Crippen LogP contribution in [0.5, 0.6) is 0 Å². The van der Waals surface area contributed by atoms with Gasteiger partial charge in [-0.1, -0.05) is 12.1 Å². The van der Waals surface area contributed by atoms with E-state index in [1.807, 2.05) is 6.07 Å². The quantitative estimate of drug-likeness (QED) is 0.767. The van der Waals surface area contributed by atoms with Gasteiger partial charge in [-0.3, -0.25) is 9.59 Å². The van der Waals surface area contributed by atoms with Gasteiger partial charge in [-0.25, -0.2) is 0 Å². The number of morpholine rings is 1. The van der Waals surface area contributed by atoms with Crippen molar-refractivity contribution >= 4 is 17.5 Å². The van der Waals surface area contributed by atoms with Crippen molar-refractivity contribution in [2.45, 2.75) is 6.54 Å². The molecule has 0 unspecified atom stereocenters. The first-order valence-corrected chi connectivity index (χ1v) is 8.72. The highest BCUT2D eigenvalue weighted by Gasteiger charge is 2.23. The fraction of sp³-hybridized carbons (Fsp3) is 0.368. The average molecular weight is 358 g/mol. The Bertz CT molecular complexity index is 739. The standard InChI is InChI=1S/C19H23N3O4/c1-21(18(23)14-22-8-11-25-12-9-22)17-7-3-2-6-16(17)19(24)20-13-15-5-4-10-26-15/h2-7,10H,8-9,11-14H2,1H3,(H,20,24)/p+1. The maximum Gasteiger partial charge on any atom is 0.281 e. The molecule has 1 saturated heterocycles. The van der Waals surface area contributed by atoms with Crippen molar-refractivity contribution in [3.05, 3.63) is 54.0 Å². The molecule has 7 nitrogen and oxygen atoms in total. The van der Waals surface area contributed by atoms with Crippen LogP contribution in [0.3, 0.4) is 0 Å². The number of benzene rings is 1. The van der Waals surface area contributed by atoms with Crippen molar-refractivity contribution in [3.63, 3.8) is 0 Å². The minimum atomic E-state index is -0.240. The van der Waals surface area contributed by atoms with E-state index in [1.165, 1.54) is 4.90 Å². The molecule has 2 aromatic rings. The number of nitrogens with one attached hydrogen (secondary N) is 2. The molecular formula is C19H24N3O4+. The lowest BCUT2D eigenvalue weighted by Crippen LogP contribution is -3.15. The highest BCUT2D eigenvalue weighted by atomic mass is 16.5. The summed E-state index contributed by atoms with van der Waals surface area (Å²) in [7, 11) is 1.71. The summed E-state index contributed by atoms with van der Waals surface area (Å²) in [6.45, 7) is 3.70.